The van der Waals surface area contributed by atoms with Crippen LogP contribution in [0, 0.1) is 18.8 Å². The van der Waals surface area contributed by atoms with Gasteiger partial charge >= 0.3 is 0 Å². The van der Waals surface area contributed by atoms with Crippen LogP contribution in [-0.2, 0) is 0 Å². The van der Waals surface area contributed by atoms with Gasteiger partial charge in [0.25, 0.3) is 0 Å². The molecule has 15 heavy (non-hydrogen) atoms. The molecule has 1 aromatic heterocycles. The summed E-state index contributed by atoms with van der Waals surface area (Å²) in [5, 5.41) is 0.325. The third-order valence-electron chi connectivity index (χ3n) is 3.06. The third kappa shape index (κ3) is 2.40. The van der Waals surface area contributed by atoms with E-state index in [1.165, 1.54) is 6.42 Å². The Morgan fingerprint density at radius 1 is 1.60 bits per heavy atom. The first-order valence-corrected chi connectivity index (χ1v) is 5.66. The normalized spacial score (nSPS) is 24.0. The van der Waals surface area contributed by atoms with Crippen LogP contribution < -0.4 is 4.90 Å². The molecule has 4 heteroatoms. The highest BCUT2D eigenvalue weighted by molar-refractivity contribution is 6.28. The van der Waals surface area contributed by atoms with Gasteiger partial charge in [-0.05, 0) is 36.8 Å². The van der Waals surface area contributed by atoms with Crippen molar-refractivity contribution >= 4 is 17.4 Å². The van der Waals surface area contributed by atoms with Crippen LogP contribution in [-0.4, -0.2) is 23.6 Å². The molecule has 0 amide bonds. The molecular formula is C11H16ClN3. The van der Waals surface area contributed by atoms with Crippen LogP contribution in [0.5, 0.6) is 0 Å². The van der Waals surface area contributed by atoms with E-state index < -0.39 is 0 Å². The molecule has 82 valence electrons. The SMILES string of the molecule is Cc1cnc(Cl)nc1N(C)CC1CC1C. The summed E-state index contributed by atoms with van der Waals surface area (Å²) in [5.74, 6) is 2.64. The van der Waals surface area contributed by atoms with E-state index in [2.05, 4.69) is 28.8 Å². The van der Waals surface area contributed by atoms with Gasteiger partial charge in [-0.15, -0.1) is 0 Å². The van der Waals surface area contributed by atoms with Crippen molar-refractivity contribution in [2.24, 2.45) is 11.8 Å². The second kappa shape index (κ2) is 3.97. The summed E-state index contributed by atoms with van der Waals surface area (Å²) in [6.45, 7) is 5.37. The van der Waals surface area contributed by atoms with Gasteiger partial charge in [0.05, 0.1) is 0 Å². The fraction of sp³-hybridized carbons (Fsp3) is 0.636. The molecule has 2 unspecified atom stereocenters. The Hall–Kier alpha value is -0.830. The van der Waals surface area contributed by atoms with Crippen molar-refractivity contribution in [2.75, 3.05) is 18.5 Å². The highest BCUT2D eigenvalue weighted by Crippen LogP contribution is 2.38. The highest BCUT2D eigenvalue weighted by atomic mass is 35.5. The average molecular weight is 226 g/mol. The minimum absolute atomic E-state index is 0.325. The van der Waals surface area contributed by atoms with Crippen molar-refractivity contribution < 1.29 is 0 Å². The van der Waals surface area contributed by atoms with Crippen LogP contribution in [0.2, 0.25) is 5.28 Å². The standard InChI is InChI=1S/C11H16ClN3/c1-7-4-9(7)6-15(3)10-8(2)5-13-11(12)14-10/h5,7,9H,4,6H2,1-3H3. The van der Waals surface area contributed by atoms with Crippen molar-refractivity contribution in [3.8, 4) is 0 Å². The zero-order chi connectivity index (χ0) is 11.0. The van der Waals surface area contributed by atoms with Crippen LogP contribution in [0.25, 0.3) is 0 Å². The lowest BCUT2D eigenvalue weighted by Gasteiger charge is -2.19. The Kier molecular flexibility index (Phi) is 2.83. The highest BCUT2D eigenvalue weighted by Gasteiger charge is 2.33. The van der Waals surface area contributed by atoms with E-state index in [9.17, 15) is 0 Å². The Morgan fingerprint density at radius 2 is 2.27 bits per heavy atom. The van der Waals surface area contributed by atoms with E-state index >= 15 is 0 Å². The number of aromatic nitrogens is 2. The Labute approximate surface area is 95.5 Å². The minimum Gasteiger partial charge on any atom is -0.359 e. The molecule has 0 saturated heterocycles. The zero-order valence-electron chi connectivity index (χ0n) is 9.37. The number of halogens is 1. The Bertz CT molecular complexity index is 367. The fourth-order valence-electron chi connectivity index (χ4n) is 1.89. The number of rotatable bonds is 3. The molecule has 1 aliphatic rings. The molecule has 1 fully saturated rings. The summed E-state index contributed by atoms with van der Waals surface area (Å²) in [7, 11) is 2.07. The number of hydrogen-bond acceptors (Lipinski definition) is 3. The molecule has 0 aromatic carbocycles. The molecule has 0 radical (unpaired) electrons. The maximum atomic E-state index is 5.79. The van der Waals surface area contributed by atoms with Gasteiger partial charge in [-0.25, -0.2) is 9.97 Å². The van der Waals surface area contributed by atoms with E-state index in [4.69, 9.17) is 11.6 Å². The largest absolute Gasteiger partial charge is 0.359 e. The molecular weight excluding hydrogens is 210 g/mol. The summed E-state index contributed by atoms with van der Waals surface area (Å²) in [6, 6.07) is 0. The van der Waals surface area contributed by atoms with Crippen molar-refractivity contribution in [3.63, 3.8) is 0 Å². The van der Waals surface area contributed by atoms with Gasteiger partial charge in [-0.1, -0.05) is 6.92 Å². The third-order valence-corrected chi connectivity index (χ3v) is 3.24. The second-order valence-corrected chi connectivity index (χ2v) is 4.84. The lowest BCUT2D eigenvalue weighted by atomic mass is 10.3. The molecule has 3 nitrogen and oxygen atoms in total. The summed E-state index contributed by atoms with van der Waals surface area (Å²) < 4.78 is 0. The zero-order valence-corrected chi connectivity index (χ0v) is 10.1. The van der Waals surface area contributed by atoms with Crippen molar-refractivity contribution in [2.45, 2.75) is 20.3 Å². The van der Waals surface area contributed by atoms with Crippen molar-refractivity contribution in [1.29, 1.82) is 0 Å². The predicted octanol–water partition coefficient (Wildman–Crippen LogP) is 2.53. The van der Waals surface area contributed by atoms with Crippen LogP contribution in [0.15, 0.2) is 6.20 Å². The molecule has 2 atom stereocenters. The van der Waals surface area contributed by atoms with Crippen LogP contribution in [0.3, 0.4) is 0 Å². The molecule has 1 aliphatic carbocycles. The van der Waals surface area contributed by atoms with Crippen LogP contribution in [0.1, 0.15) is 18.9 Å². The van der Waals surface area contributed by atoms with Gasteiger partial charge in [0, 0.05) is 25.4 Å². The van der Waals surface area contributed by atoms with E-state index in [-0.39, 0.29) is 0 Å². The predicted molar refractivity (Wildman–Crippen MR) is 62.3 cm³/mol. The first-order valence-electron chi connectivity index (χ1n) is 5.28. The smallest absolute Gasteiger partial charge is 0.224 e. The number of aryl methyl sites for hydroxylation is 1. The van der Waals surface area contributed by atoms with Crippen molar-refractivity contribution in [1.82, 2.24) is 9.97 Å². The van der Waals surface area contributed by atoms with Gasteiger partial charge in [-0.3, -0.25) is 0 Å². The van der Waals surface area contributed by atoms with Gasteiger partial charge in [-0.2, -0.15) is 0 Å². The lowest BCUT2D eigenvalue weighted by Crippen LogP contribution is -2.22. The summed E-state index contributed by atoms with van der Waals surface area (Å²) in [6.07, 6.45) is 3.11. The quantitative estimate of drug-likeness (QED) is 0.741. The molecule has 0 bridgehead atoms. The van der Waals surface area contributed by atoms with E-state index in [1.54, 1.807) is 6.20 Å². The average Bonchev–Trinajstić information content (AvgIpc) is 2.86. The maximum Gasteiger partial charge on any atom is 0.224 e. The Balaban J connectivity index is 2.10. The van der Waals surface area contributed by atoms with Gasteiger partial charge in [0.15, 0.2) is 0 Å². The van der Waals surface area contributed by atoms with Gasteiger partial charge in [0.1, 0.15) is 5.82 Å². The second-order valence-electron chi connectivity index (χ2n) is 4.50. The van der Waals surface area contributed by atoms with E-state index in [1.807, 2.05) is 6.92 Å². The molecule has 1 saturated carbocycles. The molecule has 0 spiro atoms. The van der Waals surface area contributed by atoms with E-state index in [0.717, 1.165) is 29.8 Å². The van der Waals surface area contributed by atoms with Crippen LogP contribution in [0.4, 0.5) is 5.82 Å². The first-order chi connectivity index (χ1) is 7.08. The topological polar surface area (TPSA) is 29.0 Å². The molecule has 2 rings (SSSR count). The molecule has 1 heterocycles. The number of anilines is 1. The van der Waals surface area contributed by atoms with Crippen molar-refractivity contribution in [3.05, 3.63) is 17.0 Å². The number of hydrogen-bond donors (Lipinski definition) is 0. The van der Waals surface area contributed by atoms with E-state index in [0.29, 0.717) is 5.28 Å². The fourth-order valence-corrected chi connectivity index (χ4v) is 2.02. The summed E-state index contributed by atoms with van der Waals surface area (Å²) in [5.41, 5.74) is 1.08. The maximum absolute atomic E-state index is 5.79. The Morgan fingerprint density at radius 3 is 2.87 bits per heavy atom. The minimum atomic E-state index is 0.325. The lowest BCUT2D eigenvalue weighted by molar-refractivity contribution is 0.717. The molecule has 0 aliphatic heterocycles. The molecule has 0 N–H and O–H groups in total. The summed E-state index contributed by atoms with van der Waals surface area (Å²) in [4.78, 5) is 10.4. The number of nitrogens with zero attached hydrogens (tertiary/aromatic N) is 3. The van der Waals surface area contributed by atoms with Gasteiger partial charge in [0.2, 0.25) is 5.28 Å². The monoisotopic (exact) mass is 225 g/mol. The molecule has 1 aromatic rings. The van der Waals surface area contributed by atoms with Gasteiger partial charge < -0.3 is 4.90 Å². The van der Waals surface area contributed by atoms with Crippen LogP contribution >= 0.6 is 11.6 Å². The summed E-state index contributed by atoms with van der Waals surface area (Å²) >= 11 is 5.79. The first kappa shape index (κ1) is 10.7.